The number of sulfonamides is 1. The molecule has 1 saturated heterocycles. The maximum atomic E-state index is 12.8. The molecule has 0 radical (unpaired) electrons. The molecule has 2 N–H and O–H groups in total. The number of likely N-dealkylation sites (N-methyl/N-ethyl adjacent to an activating group) is 1. The Kier molecular flexibility index (Phi) is 4.77. The average Bonchev–Trinajstić information content (AvgIpc) is 3.06. The number of nitrogens with zero attached hydrogens (tertiary/aromatic N) is 3. The monoisotopic (exact) mass is 314 g/mol. The van der Waals surface area contributed by atoms with Crippen molar-refractivity contribution in [3.05, 3.63) is 18.0 Å². The lowest BCUT2D eigenvalue weighted by Gasteiger charge is -2.20. The molecule has 2 heterocycles. The van der Waals surface area contributed by atoms with Crippen molar-refractivity contribution in [1.82, 2.24) is 13.8 Å². The van der Waals surface area contributed by atoms with Crippen molar-refractivity contribution >= 4 is 10.0 Å². The molecule has 120 valence electrons. The highest BCUT2D eigenvalue weighted by Gasteiger charge is 2.34. The fourth-order valence-corrected chi connectivity index (χ4v) is 4.33. The van der Waals surface area contributed by atoms with Crippen LogP contribution in [0.2, 0.25) is 0 Å². The SMILES string of the molecule is CC(C)n1cc(S(=O)(=O)N2CCC(N(C)C)C2)cc1CN. The van der Waals surface area contributed by atoms with Gasteiger partial charge in [0.15, 0.2) is 0 Å². The van der Waals surface area contributed by atoms with Gasteiger partial charge in [0.25, 0.3) is 0 Å². The quantitative estimate of drug-likeness (QED) is 0.875. The number of rotatable bonds is 5. The summed E-state index contributed by atoms with van der Waals surface area (Å²) in [7, 11) is 0.557. The minimum absolute atomic E-state index is 0.195. The molecule has 1 aromatic heterocycles. The Morgan fingerprint density at radius 3 is 2.52 bits per heavy atom. The van der Waals surface area contributed by atoms with Gasteiger partial charge in [-0.05, 0) is 40.4 Å². The molecule has 1 fully saturated rings. The standard InChI is InChI=1S/C14H26N4O2S/c1-11(2)18-10-14(7-13(18)8-15)21(19,20)17-6-5-12(9-17)16(3)4/h7,10-12H,5-6,8-9,15H2,1-4H3. The number of aromatic nitrogens is 1. The molecule has 1 aliphatic heterocycles. The van der Waals surface area contributed by atoms with Crippen LogP contribution in [-0.4, -0.2) is 55.4 Å². The summed E-state index contributed by atoms with van der Waals surface area (Å²) >= 11 is 0. The van der Waals surface area contributed by atoms with Gasteiger partial charge in [0.05, 0.1) is 0 Å². The van der Waals surface area contributed by atoms with Crippen LogP contribution >= 0.6 is 0 Å². The molecule has 1 aromatic rings. The molecule has 6 nitrogen and oxygen atoms in total. The van der Waals surface area contributed by atoms with Gasteiger partial charge in [0.1, 0.15) is 4.90 Å². The predicted molar refractivity (Wildman–Crippen MR) is 83.6 cm³/mol. The topological polar surface area (TPSA) is 71.6 Å². The highest BCUT2D eigenvalue weighted by atomic mass is 32.2. The molecule has 2 rings (SSSR count). The molecule has 0 bridgehead atoms. The van der Waals surface area contributed by atoms with Crippen LogP contribution in [0.25, 0.3) is 0 Å². The zero-order valence-corrected chi connectivity index (χ0v) is 14.1. The summed E-state index contributed by atoms with van der Waals surface area (Å²) in [6, 6.07) is 2.19. The van der Waals surface area contributed by atoms with Crippen molar-refractivity contribution in [3.8, 4) is 0 Å². The first kappa shape index (κ1) is 16.5. The van der Waals surface area contributed by atoms with Crippen molar-refractivity contribution in [3.63, 3.8) is 0 Å². The molecular formula is C14H26N4O2S. The van der Waals surface area contributed by atoms with E-state index in [0.717, 1.165) is 12.1 Å². The van der Waals surface area contributed by atoms with Crippen LogP contribution in [0.1, 0.15) is 32.0 Å². The fourth-order valence-electron chi connectivity index (χ4n) is 2.78. The largest absolute Gasteiger partial charge is 0.346 e. The van der Waals surface area contributed by atoms with Crippen molar-refractivity contribution in [1.29, 1.82) is 0 Å². The Balaban J connectivity index is 2.28. The maximum Gasteiger partial charge on any atom is 0.244 e. The molecule has 0 aromatic carbocycles. The summed E-state index contributed by atoms with van der Waals surface area (Å²) in [6.07, 6.45) is 2.59. The van der Waals surface area contributed by atoms with E-state index in [-0.39, 0.29) is 6.04 Å². The fraction of sp³-hybridized carbons (Fsp3) is 0.714. The molecule has 0 amide bonds. The molecule has 0 spiro atoms. The lowest BCUT2D eigenvalue weighted by Crippen LogP contribution is -2.34. The highest BCUT2D eigenvalue weighted by molar-refractivity contribution is 7.89. The molecule has 0 saturated carbocycles. The third-order valence-corrected chi connectivity index (χ3v) is 6.00. The van der Waals surface area contributed by atoms with Crippen LogP contribution in [0.5, 0.6) is 0 Å². The summed E-state index contributed by atoms with van der Waals surface area (Å²) < 4.78 is 29.0. The van der Waals surface area contributed by atoms with Gasteiger partial charge in [0, 0.05) is 43.6 Å². The second kappa shape index (κ2) is 6.08. The average molecular weight is 314 g/mol. The zero-order chi connectivity index (χ0) is 15.8. The van der Waals surface area contributed by atoms with Gasteiger partial charge in [-0.15, -0.1) is 0 Å². The second-order valence-electron chi connectivity index (χ2n) is 6.14. The van der Waals surface area contributed by atoms with E-state index < -0.39 is 10.0 Å². The molecule has 21 heavy (non-hydrogen) atoms. The summed E-state index contributed by atoms with van der Waals surface area (Å²) in [5, 5.41) is 0. The summed E-state index contributed by atoms with van der Waals surface area (Å²) in [6.45, 7) is 5.52. The normalized spacial score (nSPS) is 20.8. The van der Waals surface area contributed by atoms with E-state index in [1.54, 1.807) is 16.6 Å². The van der Waals surface area contributed by atoms with Crippen molar-refractivity contribution in [2.24, 2.45) is 5.73 Å². The molecule has 1 aliphatic rings. The maximum absolute atomic E-state index is 12.8. The Morgan fingerprint density at radius 1 is 1.43 bits per heavy atom. The molecule has 7 heteroatoms. The summed E-state index contributed by atoms with van der Waals surface area (Å²) in [5.74, 6) is 0. The smallest absolute Gasteiger partial charge is 0.244 e. The second-order valence-corrected chi connectivity index (χ2v) is 8.08. The zero-order valence-electron chi connectivity index (χ0n) is 13.3. The lowest BCUT2D eigenvalue weighted by atomic mass is 10.2. The summed E-state index contributed by atoms with van der Waals surface area (Å²) in [5.41, 5.74) is 6.58. The van der Waals surface area contributed by atoms with E-state index in [2.05, 4.69) is 4.90 Å². The molecule has 1 unspecified atom stereocenters. The Labute approximate surface area is 127 Å². The van der Waals surface area contributed by atoms with Crippen LogP contribution < -0.4 is 5.73 Å². The highest BCUT2D eigenvalue weighted by Crippen LogP contribution is 2.25. The third-order valence-electron chi connectivity index (χ3n) is 4.17. The first-order valence-electron chi connectivity index (χ1n) is 7.34. The van der Waals surface area contributed by atoms with E-state index in [4.69, 9.17) is 5.73 Å². The van der Waals surface area contributed by atoms with Crippen molar-refractivity contribution in [2.45, 2.75) is 43.8 Å². The van der Waals surface area contributed by atoms with Crippen LogP contribution in [0.4, 0.5) is 0 Å². The van der Waals surface area contributed by atoms with Crippen LogP contribution in [0, 0.1) is 0 Å². The van der Waals surface area contributed by atoms with Gasteiger partial charge in [-0.3, -0.25) is 0 Å². The van der Waals surface area contributed by atoms with Gasteiger partial charge in [-0.25, -0.2) is 8.42 Å². The van der Waals surface area contributed by atoms with E-state index in [1.165, 1.54) is 0 Å². The van der Waals surface area contributed by atoms with Crippen LogP contribution in [-0.2, 0) is 16.6 Å². The van der Waals surface area contributed by atoms with Crippen LogP contribution in [0.3, 0.4) is 0 Å². The third kappa shape index (κ3) is 3.15. The van der Waals surface area contributed by atoms with Gasteiger partial charge < -0.3 is 15.2 Å². The predicted octanol–water partition coefficient (Wildman–Crippen LogP) is 0.852. The van der Waals surface area contributed by atoms with E-state index in [1.807, 2.05) is 32.5 Å². The molecule has 0 aliphatic carbocycles. The van der Waals surface area contributed by atoms with Gasteiger partial charge >= 0.3 is 0 Å². The van der Waals surface area contributed by atoms with Crippen LogP contribution in [0.15, 0.2) is 17.2 Å². The first-order chi connectivity index (χ1) is 9.77. The number of hydrogen-bond donors (Lipinski definition) is 1. The van der Waals surface area contributed by atoms with Crippen molar-refractivity contribution < 1.29 is 8.42 Å². The summed E-state index contributed by atoms with van der Waals surface area (Å²) in [4.78, 5) is 2.44. The van der Waals surface area contributed by atoms with Gasteiger partial charge in [-0.1, -0.05) is 0 Å². The van der Waals surface area contributed by atoms with Crippen molar-refractivity contribution in [2.75, 3.05) is 27.2 Å². The van der Waals surface area contributed by atoms with E-state index in [0.29, 0.717) is 30.6 Å². The minimum atomic E-state index is -3.42. The Hall–Kier alpha value is -0.890. The van der Waals surface area contributed by atoms with E-state index in [9.17, 15) is 8.42 Å². The number of hydrogen-bond acceptors (Lipinski definition) is 4. The number of nitrogens with two attached hydrogens (primary N) is 1. The first-order valence-corrected chi connectivity index (χ1v) is 8.78. The Bertz CT molecular complexity index is 592. The van der Waals surface area contributed by atoms with Gasteiger partial charge in [-0.2, -0.15) is 4.31 Å². The van der Waals surface area contributed by atoms with E-state index >= 15 is 0 Å². The lowest BCUT2D eigenvalue weighted by molar-refractivity contribution is 0.302. The van der Waals surface area contributed by atoms with Gasteiger partial charge in [0.2, 0.25) is 10.0 Å². The minimum Gasteiger partial charge on any atom is -0.346 e. The molecule has 1 atom stereocenters. The molecular weight excluding hydrogens is 288 g/mol. The Morgan fingerprint density at radius 2 is 2.10 bits per heavy atom.